The molecule has 0 aliphatic carbocycles. The van der Waals surface area contributed by atoms with Gasteiger partial charge >= 0.3 is 5.97 Å². The van der Waals surface area contributed by atoms with Crippen molar-refractivity contribution in [3.05, 3.63) is 108 Å². The molecule has 15 atom stereocenters. The summed E-state index contributed by atoms with van der Waals surface area (Å²) in [5, 5.41) is 67.2. The minimum Gasteiger partial charge on any atom is -0.480 e. The van der Waals surface area contributed by atoms with Crippen molar-refractivity contribution in [3.63, 3.8) is 0 Å². The van der Waals surface area contributed by atoms with Crippen molar-refractivity contribution in [3.8, 4) is 0 Å². The Morgan fingerprint density at radius 2 is 1.02 bits per heavy atom. The summed E-state index contributed by atoms with van der Waals surface area (Å²) in [6.07, 6.45) is -3.23. The summed E-state index contributed by atoms with van der Waals surface area (Å²) in [7, 11) is 0. The van der Waals surface area contributed by atoms with Crippen LogP contribution in [0.3, 0.4) is 0 Å². The Morgan fingerprint density at radius 1 is 0.529 bits per heavy atom. The Balaban J connectivity index is 1.35. The van der Waals surface area contributed by atoms with Crippen LogP contribution in [0.25, 0.3) is 10.9 Å². The van der Waals surface area contributed by atoms with Crippen molar-refractivity contribution in [1.29, 1.82) is 0 Å². The second-order valence-electron chi connectivity index (χ2n) is 27.0. The van der Waals surface area contributed by atoms with Gasteiger partial charge in [-0.25, -0.2) is 4.79 Å². The van der Waals surface area contributed by atoms with Gasteiger partial charge in [-0.2, -0.15) is 0 Å². The number of benzene rings is 3. The number of likely N-dealkylation sites (tertiary alicyclic amines) is 1. The zero-order valence-electron chi connectivity index (χ0n) is 59.6. The lowest BCUT2D eigenvalue weighted by Gasteiger charge is -2.32. The number of carbonyl (C=O) groups is 14. The van der Waals surface area contributed by atoms with Crippen LogP contribution in [0.1, 0.15) is 117 Å². The average Bonchev–Trinajstić information content (AvgIpc) is 1.63. The molecule has 2 heterocycles. The van der Waals surface area contributed by atoms with E-state index in [0.29, 0.717) is 16.7 Å². The molecule has 5 rings (SSSR count). The first-order valence-corrected chi connectivity index (χ1v) is 34.6. The Hall–Kier alpha value is -10.4. The number of hydrogen-bond acceptors (Lipinski definition) is 18. The molecule has 33 nitrogen and oxygen atoms in total. The molecule has 104 heavy (non-hydrogen) atoms. The van der Waals surface area contributed by atoms with Gasteiger partial charge in [-0.3, -0.25) is 62.3 Å². The zero-order chi connectivity index (χ0) is 77.2. The average molecular weight is 1450 g/mol. The predicted molar refractivity (Wildman–Crippen MR) is 378 cm³/mol. The van der Waals surface area contributed by atoms with Crippen molar-refractivity contribution >= 4 is 93.7 Å². The molecule has 0 bridgehead atoms. The number of aliphatic hydroxyl groups excluding tert-OH is 3. The summed E-state index contributed by atoms with van der Waals surface area (Å²) < 4.78 is 0. The van der Waals surface area contributed by atoms with E-state index >= 15 is 4.79 Å². The first-order chi connectivity index (χ1) is 49.1. The smallest absolute Gasteiger partial charge is 0.326 e. The van der Waals surface area contributed by atoms with Crippen LogP contribution in [0.15, 0.2) is 91.1 Å². The van der Waals surface area contributed by atoms with Crippen LogP contribution in [0.2, 0.25) is 0 Å². The summed E-state index contributed by atoms with van der Waals surface area (Å²) >= 11 is 0. The van der Waals surface area contributed by atoms with Crippen LogP contribution in [0, 0.1) is 17.8 Å². The summed E-state index contributed by atoms with van der Waals surface area (Å²) in [4.78, 5) is 198. The second kappa shape index (κ2) is 40.5. The van der Waals surface area contributed by atoms with Crippen molar-refractivity contribution in [1.82, 2.24) is 63.1 Å². The van der Waals surface area contributed by atoms with Crippen LogP contribution in [-0.4, -0.2) is 211 Å². The van der Waals surface area contributed by atoms with Crippen LogP contribution >= 0.6 is 0 Å². The number of nitrogens with two attached hydrogens (primary N) is 3. The summed E-state index contributed by atoms with van der Waals surface area (Å²) in [5.41, 5.74) is 19.3. The van der Waals surface area contributed by atoms with Gasteiger partial charge in [0, 0.05) is 49.3 Å². The number of aromatic amines is 1. The number of primary amides is 2. The van der Waals surface area contributed by atoms with Gasteiger partial charge in [0.05, 0.1) is 25.2 Å². The number of aromatic nitrogens is 1. The maximum absolute atomic E-state index is 15.0. The first-order valence-electron chi connectivity index (χ1n) is 34.6. The Morgan fingerprint density at radius 3 is 1.58 bits per heavy atom. The maximum atomic E-state index is 15.0. The lowest BCUT2D eigenvalue weighted by Crippen LogP contribution is -2.62. The number of carbonyl (C=O) groups excluding carboxylic acids is 13. The largest absolute Gasteiger partial charge is 0.480 e. The van der Waals surface area contributed by atoms with E-state index in [2.05, 4.69) is 58.2 Å². The third-order valence-electron chi connectivity index (χ3n) is 17.8. The Kier molecular flexibility index (Phi) is 32.8. The molecule has 33 heteroatoms. The highest BCUT2D eigenvalue weighted by atomic mass is 16.4. The van der Waals surface area contributed by atoms with Crippen molar-refractivity contribution in [2.24, 2.45) is 35.0 Å². The molecule has 3 aromatic carbocycles. The van der Waals surface area contributed by atoms with Crippen LogP contribution < -0.4 is 70.4 Å². The molecule has 0 spiro atoms. The number of para-hydroxylation sites is 1. The van der Waals surface area contributed by atoms with E-state index in [1.165, 1.54) is 13.8 Å². The molecular formula is C71H101N15O18. The molecule has 13 amide bonds. The maximum Gasteiger partial charge on any atom is 0.326 e. The predicted octanol–water partition coefficient (Wildman–Crippen LogP) is -2.91. The standard InChI is InChI=1S/C71H101N15O18/c1-9-38(6)58(68(100)85-59(40(8)89)69(101)79-47(29-36(2)3)61(93)81-51(71(103)104)32-43-34-75-45-24-17-16-23-44(43)45)84-60(92)46(26-27-54(72)90)76-65(97)53-25-18-28-86(53)70(102)50(31-42-21-14-11-15-22-42)80-63(95)49(33-55(73)91)78-62(94)48(30-41-19-12-10-13-20-41)77-64(96)52(35-87)82-67(99)57(37(4)5)83-66(98)56(74)39(7)88/h10-17,19-24,34,36-40,46-53,56-59,75,87-89H,9,18,25-33,35,74H2,1-8H3,(H2,72,90)(H2,73,91)(H,76,97)(H,77,96)(H,78,94)(H,79,101)(H,80,95)(H,81,93)(H,82,99)(H,83,98)(H,84,92)(H,85,100)(H,103,104)/t38-,39+,40+,46-,47-,48-,49-,50-,51-,52-,53-,56-,57-,58-,59-/m0/s1. The lowest BCUT2D eigenvalue weighted by molar-refractivity contribution is -0.143. The number of carboxylic acid groups (broad SMARTS) is 1. The lowest BCUT2D eigenvalue weighted by atomic mass is 9.96. The first kappa shape index (κ1) is 84.3. The van der Waals surface area contributed by atoms with E-state index < -0.39 is 205 Å². The second-order valence-corrected chi connectivity index (χ2v) is 27.0. The van der Waals surface area contributed by atoms with E-state index in [0.717, 1.165) is 15.8 Å². The summed E-state index contributed by atoms with van der Waals surface area (Å²) in [6.45, 7) is 11.3. The third kappa shape index (κ3) is 25.2. The highest BCUT2D eigenvalue weighted by Crippen LogP contribution is 2.23. The van der Waals surface area contributed by atoms with E-state index in [9.17, 15) is 82.8 Å². The van der Waals surface area contributed by atoms with Crippen LogP contribution in [-0.2, 0) is 86.4 Å². The van der Waals surface area contributed by atoms with Gasteiger partial charge in [-0.05, 0) is 80.0 Å². The van der Waals surface area contributed by atoms with Crippen LogP contribution in [0.4, 0.5) is 0 Å². The minimum atomic E-state index is -1.85. The minimum absolute atomic E-state index is 0.000376. The van der Waals surface area contributed by atoms with Crippen molar-refractivity contribution in [2.45, 2.75) is 204 Å². The Bertz CT molecular complexity index is 3650. The zero-order valence-corrected chi connectivity index (χ0v) is 59.6. The fourth-order valence-electron chi connectivity index (χ4n) is 11.7. The normalized spacial score (nSPS) is 16.9. The van der Waals surface area contributed by atoms with E-state index in [1.807, 2.05) is 0 Å². The number of aliphatic hydroxyl groups is 3. The number of H-pyrrole nitrogens is 1. The number of nitrogens with one attached hydrogen (secondary N) is 11. The number of hydrogen-bond donors (Lipinski definition) is 18. The number of aliphatic carboxylic acids is 1. The molecule has 1 saturated heterocycles. The van der Waals surface area contributed by atoms with E-state index in [4.69, 9.17) is 17.2 Å². The van der Waals surface area contributed by atoms with Crippen molar-refractivity contribution < 1.29 is 87.5 Å². The molecule has 0 saturated carbocycles. The van der Waals surface area contributed by atoms with Gasteiger partial charge in [0.2, 0.25) is 76.8 Å². The topological polar surface area (TPSA) is 537 Å². The number of carboxylic acids is 1. The van der Waals surface area contributed by atoms with Gasteiger partial charge in [-0.1, -0.05) is 127 Å². The number of nitrogens with zero attached hydrogens (tertiary/aromatic N) is 1. The molecule has 1 fully saturated rings. The summed E-state index contributed by atoms with van der Waals surface area (Å²) in [6, 6.07) is 5.11. The van der Waals surface area contributed by atoms with Gasteiger partial charge in [-0.15, -0.1) is 0 Å². The molecule has 1 aromatic heterocycles. The van der Waals surface area contributed by atoms with E-state index in [1.54, 1.807) is 133 Å². The molecule has 568 valence electrons. The third-order valence-corrected chi connectivity index (χ3v) is 17.8. The molecule has 21 N–H and O–H groups in total. The van der Waals surface area contributed by atoms with Gasteiger partial charge in [0.15, 0.2) is 0 Å². The molecule has 1 aliphatic heterocycles. The van der Waals surface area contributed by atoms with E-state index in [-0.39, 0.29) is 57.4 Å². The highest BCUT2D eigenvalue weighted by Gasteiger charge is 2.42. The molecule has 4 aromatic rings. The van der Waals surface area contributed by atoms with Crippen molar-refractivity contribution in [2.75, 3.05) is 13.2 Å². The van der Waals surface area contributed by atoms with Gasteiger partial charge in [0.25, 0.3) is 0 Å². The Labute approximate surface area is 602 Å². The number of rotatable bonds is 41. The fourth-order valence-corrected chi connectivity index (χ4v) is 11.7. The SMILES string of the molecule is CC[C@H](C)[C@H](NC(=O)[C@H](CCC(N)=O)NC(=O)[C@@H]1CCCN1C(=O)[C@H](Cc1ccccc1)NC(=O)[C@H](CC(N)=O)NC(=O)[C@H](Cc1ccccc1)NC(=O)[C@H](CO)NC(=O)[C@@H](NC(=O)[C@@H](N)[C@@H](C)O)C(C)C)C(=O)N[C@H](C(=O)N[C@@H](CC(C)C)C(=O)N[C@@H](Cc1c[nH]c2ccccc12)C(=O)O)[C@@H](C)O. The van der Waals surface area contributed by atoms with Gasteiger partial charge in [0.1, 0.15) is 72.5 Å². The highest BCUT2D eigenvalue weighted by molar-refractivity contribution is 6.01. The molecule has 0 unspecified atom stereocenters. The van der Waals surface area contributed by atoms with Crippen LogP contribution in [0.5, 0.6) is 0 Å². The quantitative estimate of drug-likeness (QED) is 0.0212. The molecular weight excluding hydrogens is 1350 g/mol. The number of fused-ring (bicyclic) bond motifs is 1. The van der Waals surface area contributed by atoms with Gasteiger partial charge < -0.3 is 101 Å². The number of amides is 13. The monoisotopic (exact) mass is 1450 g/mol. The summed E-state index contributed by atoms with van der Waals surface area (Å²) in [5.74, 6) is -15.7. The molecule has 1 aliphatic rings. The molecule has 0 radical (unpaired) electrons. The fraction of sp³-hybridized carbons (Fsp3) is 0.521.